The molecule has 0 saturated heterocycles. The van der Waals surface area contributed by atoms with E-state index in [1.165, 1.54) is 154 Å². The Morgan fingerprint density at radius 3 is 0.756 bits per heavy atom. The standard InChI is InChI=1S/C71H138O17P2/c1-8-9-10-11-28-38-45-52-68(73)81-58-66(88-71(76)55-48-41-34-27-26-31-37-44-51-64(6)7)60-85-89(77,78)83-56-65(72)57-84-90(79,80)86-61-67(59-82-69(74)53-46-39-32-24-21-17-19-23-30-36-43-50-63(4)5)87-70(75)54-47-40-33-25-20-16-14-12-13-15-18-22-29-35-42-49-62(2)3/h62-67,72H,8-61H2,1-7H3,(H,77,78)(H,79,80)/t65-,66+,67+/m0/s1. The van der Waals surface area contributed by atoms with Crippen LogP contribution in [0.25, 0.3) is 0 Å². The fraction of sp³-hybridized carbons (Fsp3) is 0.944. The molecule has 0 fully saturated rings. The van der Waals surface area contributed by atoms with Crippen molar-refractivity contribution in [2.24, 2.45) is 17.8 Å². The van der Waals surface area contributed by atoms with Gasteiger partial charge in [-0.2, -0.15) is 0 Å². The molecule has 0 aliphatic heterocycles. The Bertz CT molecular complexity index is 1770. The van der Waals surface area contributed by atoms with Crippen molar-refractivity contribution in [2.45, 2.75) is 375 Å². The highest BCUT2D eigenvalue weighted by molar-refractivity contribution is 7.47. The van der Waals surface area contributed by atoms with Crippen molar-refractivity contribution in [3.05, 3.63) is 0 Å². The third-order valence-electron chi connectivity index (χ3n) is 16.4. The van der Waals surface area contributed by atoms with E-state index < -0.39 is 97.5 Å². The van der Waals surface area contributed by atoms with Crippen LogP contribution in [0, 0.1) is 17.8 Å². The maximum Gasteiger partial charge on any atom is 0.472 e. The average molecular weight is 1330 g/mol. The van der Waals surface area contributed by atoms with Crippen LogP contribution in [-0.2, 0) is 65.4 Å². The van der Waals surface area contributed by atoms with E-state index in [2.05, 4.69) is 48.5 Å². The molecule has 5 atom stereocenters. The van der Waals surface area contributed by atoms with Gasteiger partial charge in [0.15, 0.2) is 12.2 Å². The number of aliphatic hydroxyl groups excluding tert-OH is 1. The van der Waals surface area contributed by atoms with E-state index >= 15 is 0 Å². The number of unbranched alkanes of at least 4 members (excludes halogenated alkanes) is 37. The van der Waals surface area contributed by atoms with Crippen molar-refractivity contribution in [2.75, 3.05) is 39.6 Å². The van der Waals surface area contributed by atoms with Crippen LogP contribution >= 0.6 is 15.6 Å². The first-order chi connectivity index (χ1) is 43.2. The smallest absolute Gasteiger partial charge is 0.462 e. The third-order valence-corrected chi connectivity index (χ3v) is 18.3. The third kappa shape index (κ3) is 64.8. The molecule has 0 spiro atoms. The molecule has 3 N–H and O–H groups in total. The molecule has 0 heterocycles. The first-order valence-electron chi connectivity index (χ1n) is 36.8. The van der Waals surface area contributed by atoms with Crippen LogP contribution in [0.4, 0.5) is 0 Å². The Hall–Kier alpha value is -1.94. The van der Waals surface area contributed by atoms with Crippen molar-refractivity contribution in [3.8, 4) is 0 Å². The van der Waals surface area contributed by atoms with Crippen LogP contribution in [0.5, 0.6) is 0 Å². The van der Waals surface area contributed by atoms with Gasteiger partial charge in [-0.25, -0.2) is 9.13 Å². The van der Waals surface area contributed by atoms with Gasteiger partial charge in [-0.3, -0.25) is 37.3 Å². The molecule has 0 aliphatic rings. The second kappa shape index (κ2) is 61.9. The molecular weight excluding hydrogens is 1190 g/mol. The van der Waals surface area contributed by atoms with Gasteiger partial charge >= 0.3 is 39.5 Å². The predicted molar refractivity (Wildman–Crippen MR) is 363 cm³/mol. The van der Waals surface area contributed by atoms with Crippen LogP contribution in [0.15, 0.2) is 0 Å². The minimum Gasteiger partial charge on any atom is -0.462 e. The SMILES string of the molecule is CCCCCCCCCC(=O)OC[C@H](COP(=O)(O)OC[C@H](O)COP(=O)(O)OC[C@@H](COC(=O)CCCCCCCCCCCCCC(C)C)OC(=O)CCCCCCCCCCCCCCCCCC(C)C)OC(=O)CCCCCCCCCCC(C)C. The molecule has 0 aromatic rings. The highest BCUT2D eigenvalue weighted by Crippen LogP contribution is 2.45. The molecule has 0 radical (unpaired) electrons. The number of phosphoric ester groups is 2. The molecule has 0 bridgehead atoms. The van der Waals surface area contributed by atoms with Gasteiger partial charge in [0.1, 0.15) is 19.3 Å². The lowest BCUT2D eigenvalue weighted by molar-refractivity contribution is -0.161. The highest BCUT2D eigenvalue weighted by Gasteiger charge is 2.30. The first kappa shape index (κ1) is 88.1. The molecular formula is C71H138O17P2. The Morgan fingerprint density at radius 2 is 0.511 bits per heavy atom. The summed E-state index contributed by atoms with van der Waals surface area (Å²) in [6.45, 7) is 11.8. The van der Waals surface area contributed by atoms with Crippen molar-refractivity contribution < 1.29 is 80.2 Å². The number of aliphatic hydroxyl groups is 1. The summed E-state index contributed by atoms with van der Waals surface area (Å²) >= 11 is 0. The number of ether oxygens (including phenoxy) is 4. The molecule has 17 nitrogen and oxygen atoms in total. The molecule has 2 unspecified atom stereocenters. The lowest BCUT2D eigenvalue weighted by Crippen LogP contribution is -2.30. The largest absolute Gasteiger partial charge is 0.472 e. The summed E-state index contributed by atoms with van der Waals surface area (Å²) in [7, 11) is -9.90. The number of carbonyl (C=O) groups excluding carboxylic acids is 4. The molecule has 19 heteroatoms. The molecule has 0 aliphatic carbocycles. The zero-order valence-electron chi connectivity index (χ0n) is 58.6. The quantitative estimate of drug-likeness (QED) is 0.0222. The summed E-state index contributed by atoms with van der Waals surface area (Å²) in [5.74, 6) is 0.162. The van der Waals surface area contributed by atoms with E-state index in [0.29, 0.717) is 25.7 Å². The Morgan fingerprint density at radius 1 is 0.300 bits per heavy atom. The van der Waals surface area contributed by atoms with Crippen molar-refractivity contribution in [1.82, 2.24) is 0 Å². The minimum absolute atomic E-state index is 0.104. The number of hydrogen-bond acceptors (Lipinski definition) is 15. The predicted octanol–water partition coefficient (Wildman–Crippen LogP) is 20.2. The van der Waals surface area contributed by atoms with E-state index in [0.717, 1.165) is 120 Å². The minimum atomic E-state index is -4.95. The molecule has 534 valence electrons. The van der Waals surface area contributed by atoms with Gasteiger partial charge in [0, 0.05) is 25.7 Å². The molecule has 0 aromatic carbocycles. The van der Waals surface area contributed by atoms with Crippen LogP contribution in [0.1, 0.15) is 357 Å². The molecule has 90 heavy (non-hydrogen) atoms. The van der Waals surface area contributed by atoms with E-state index in [-0.39, 0.29) is 25.7 Å². The number of hydrogen-bond donors (Lipinski definition) is 3. The fourth-order valence-corrected chi connectivity index (χ4v) is 12.3. The van der Waals surface area contributed by atoms with Crippen molar-refractivity contribution in [3.63, 3.8) is 0 Å². The average Bonchev–Trinajstić information content (AvgIpc) is 2.79. The topological polar surface area (TPSA) is 237 Å². The maximum atomic E-state index is 13.0. The summed E-state index contributed by atoms with van der Waals surface area (Å²) in [6.07, 6.45) is 46.0. The molecule has 0 saturated carbocycles. The summed E-state index contributed by atoms with van der Waals surface area (Å²) in [4.78, 5) is 72.4. The lowest BCUT2D eigenvalue weighted by Gasteiger charge is -2.21. The van der Waals surface area contributed by atoms with E-state index in [1.807, 2.05) is 0 Å². The highest BCUT2D eigenvalue weighted by atomic mass is 31.2. The van der Waals surface area contributed by atoms with Gasteiger partial charge in [-0.1, -0.05) is 305 Å². The number of esters is 4. The molecule has 0 aromatic heterocycles. The normalized spacial score (nSPS) is 14.2. The van der Waals surface area contributed by atoms with E-state index in [1.54, 1.807) is 0 Å². The fourth-order valence-electron chi connectivity index (χ4n) is 10.7. The second-order valence-electron chi connectivity index (χ2n) is 27.1. The molecule has 0 amide bonds. The Balaban J connectivity index is 5.20. The van der Waals surface area contributed by atoms with Gasteiger partial charge in [0.05, 0.1) is 26.4 Å². The Labute approximate surface area is 549 Å². The summed E-state index contributed by atoms with van der Waals surface area (Å²) in [5, 5.41) is 10.6. The van der Waals surface area contributed by atoms with Gasteiger partial charge in [-0.05, 0) is 43.4 Å². The van der Waals surface area contributed by atoms with Gasteiger partial charge in [0.2, 0.25) is 0 Å². The Kier molecular flexibility index (Phi) is 60.6. The zero-order chi connectivity index (χ0) is 66.6. The van der Waals surface area contributed by atoms with Crippen LogP contribution in [0.3, 0.4) is 0 Å². The maximum absolute atomic E-state index is 13.0. The number of carbonyl (C=O) groups is 4. The van der Waals surface area contributed by atoms with E-state index in [9.17, 15) is 43.2 Å². The van der Waals surface area contributed by atoms with Crippen LogP contribution in [-0.4, -0.2) is 96.7 Å². The summed E-state index contributed by atoms with van der Waals surface area (Å²) < 4.78 is 68.2. The van der Waals surface area contributed by atoms with Crippen LogP contribution < -0.4 is 0 Å². The zero-order valence-corrected chi connectivity index (χ0v) is 60.4. The molecule has 0 rings (SSSR count). The van der Waals surface area contributed by atoms with Crippen LogP contribution in [0.2, 0.25) is 0 Å². The first-order valence-corrected chi connectivity index (χ1v) is 39.8. The van der Waals surface area contributed by atoms with E-state index in [4.69, 9.17) is 37.0 Å². The lowest BCUT2D eigenvalue weighted by atomic mass is 10.0. The van der Waals surface area contributed by atoms with Crippen molar-refractivity contribution >= 4 is 39.5 Å². The van der Waals surface area contributed by atoms with Gasteiger partial charge < -0.3 is 33.8 Å². The number of rotatable bonds is 69. The van der Waals surface area contributed by atoms with Crippen molar-refractivity contribution in [1.29, 1.82) is 0 Å². The summed E-state index contributed by atoms with van der Waals surface area (Å²) in [6, 6.07) is 0. The second-order valence-corrected chi connectivity index (χ2v) is 30.0. The summed E-state index contributed by atoms with van der Waals surface area (Å²) in [5.41, 5.74) is 0. The number of phosphoric acid groups is 2. The monoisotopic (exact) mass is 1320 g/mol. The van der Waals surface area contributed by atoms with Gasteiger partial charge in [0.25, 0.3) is 0 Å². The van der Waals surface area contributed by atoms with Gasteiger partial charge in [-0.15, -0.1) is 0 Å².